The van der Waals surface area contributed by atoms with Gasteiger partial charge in [0.15, 0.2) is 0 Å². The summed E-state index contributed by atoms with van der Waals surface area (Å²) in [6.45, 7) is 6.26. The number of ether oxygens (including phenoxy) is 1. The Balaban J connectivity index is 1.73. The molecule has 3 aromatic rings. The Morgan fingerprint density at radius 2 is 1.74 bits per heavy atom. The number of pyridine rings is 1. The van der Waals surface area contributed by atoms with E-state index in [2.05, 4.69) is 52.8 Å². The summed E-state index contributed by atoms with van der Waals surface area (Å²) in [5, 5.41) is 4.69. The number of aromatic nitrogens is 1. The predicted octanol–water partition coefficient (Wildman–Crippen LogP) is 4.69. The first-order valence-electron chi connectivity index (χ1n) is 8.02. The van der Waals surface area contributed by atoms with Crippen LogP contribution in [0.5, 0.6) is 0 Å². The summed E-state index contributed by atoms with van der Waals surface area (Å²) >= 11 is 0. The van der Waals surface area contributed by atoms with Crippen molar-refractivity contribution in [2.24, 2.45) is 0 Å². The molecule has 0 fully saturated rings. The minimum atomic E-state index is 0.679. The Morgan fingerprint density at radius 1 is 1.00 bits per heavy atom. The fourth-order valence-electron chi connectivity index (χ4n) is 2.62. The molecule has 2 aromatic carbocycles. The van der Waals surface area contributed by atoms with Gasteiger partial charge >= 0.3 is 0 Å². The van der Waals surface area contributed by atoms with E-state index in [0.717, 1.165) is 35.4 Å². The van der Waals surface area contributed by atoms with Crippen LogP contribution in [0.4, 0.5) is 5.69 Å². The second kappa shape index (κ2) is 7.25. The van der Waals surface area contributed by atoms with Crippen molar-refractivity contribution in [3.05, 3.63) is 71.4 Å². The third kappa shape index (κ3) is 3.88. The molecule has 0 aliphatic carbocycles. The van der Waals surface area contributed by atoms with E-state index in [4.69, 9.17) is 4.74 Å². The Kier molecular flexibility index (Phi) is 4.89. The first-order valence-corrected chi connectivity index (χ1v) is 8.02. The molecule has 0 radical (unpaired) electrons. The lowest BCUT2D eigenvalue weighted by atomic mass is 10.1. The zero-order valence-corrected chi connectivity index (χ0v) is 13.7. The third-order valence-corrected chi connectivity index (χ3v) is 3.82. The quantitative estimate of drug-likeness (QED) is 0.717. The topological polar surface area (TPSA) is 34.1 Å². The van der Waals surface area contributed by atoms with Gasteiger partial charge in [-0.25, -0.2) is 0 Å². The Labute approximate surface area is 137 Å². The molecule has 0 aliphatic heterocycles. The highest BCUT2D eigenvalue weighted by Gasteiger charge is 2.03. The standard InChI is InChI=1S/C20H22N2O/c1-3-23-14-17-10-8-16(9-11-17)13-21-20-12-15(2)22-19-7-5-4-6-18(19)20/h4-12H,3,13-14H2,1-2H3,(H,21,22). The fraction of sp³-hybridized carbons (Fsp3) is 0.250. The van der Waals surface area contributed by atoms with Gasteiger partial charge in [0, 0.05) is 29.9 Å². The number of anilines is 1. The molecule has 1 heterocycles. The normalized spacial score (nSPS) is 10.9. The predicted molar refractivity (Wildman–Crippen MR) is 95.6 cm³/mol. The Bertz CT molecular complexity index is 781. The summed E-state index contributed by atoms with van der Waals surface area (Å²) in [5.74, 6) is 0. The number of rotatable bonds is 6. The fourth-order valence-corrected chi connectivity index (χ4v) is 2.62. The summed E-state index contributed by atoms with van der Waals surface area (Å²) in [6, 6.07) is 18.9. The van der Waals surface area contributed by atoms with Crippen LogP contribution >= 0.6 is 0 Å². The molecule has 0 unspecified atom stereocenters. The van der Waals surface area contributed by atoms with Crippen LogP contribution in [0.2, 0.25) is 0 Å². The van der Waals surface area contributed by atoms with Crippen molar-refractivity contribution in [3.8, 4) is 0 Å². The third-order valence-electron chi connectivity index (χ3n) is 3.82. The summed E-state index contributed by atoms with van der Waals surface area (Å²) < 4.78 is 5.43. The van der Waals surface area contributed by atoms with Crippen molar-refractivity contribution in [1.82, 2.24) is 4.98 Å². The van der Waals surface area contributed by atoms with E-state index in [1.165, 1.54) is 11.1 Å². The van der Waals surface area contributed by atoms with E-state index in [0.29, 0.717) is 6.61 Å². The highest BCUT2D eigenvalue weighted by molar-refractivity contribution is 5.91. The van der Waals surface area contributed by atoms with Crippen LogP contribution in [0.3, 0.4) is 0 Å². The largest absolute Gasteiger partial charge is 0.380 e. The van der Waals surface area contributed by atoms with E-state index in [1.807, 2.05) is 26.0 Å². The van der Waals surface area contributed by atoms with Crippen LogP contribution in [0.15, 0.2) is 54.6 Å². The second-order valence-corrected chi connectivity index (χ2v) is 5.64. The molecule has 0 saturated heterocycles. The minimum absolute atomic E-state index is 0.679. The van der Waals surface area contributed by atoms with Gasteiger partial charge in [0.1, 0.15) is 0 Å². The van der Waals surface area contributed by atoms with Crippen LogP contribution < -0.4 is 5.32 Å². The molecular formula is C20H22N2O. The van der Waals surface area contributed by atoms with Crippen molar-refractivity contribution in [1.29, 1.82) is 0 Å². The van der Waals surface area contributed by atoms with E-state index < -0.39 is 0 Å². The highest BCUT2D eigenvalue weighted by Crippen LogP contribution is 2.23. The van der Waals surface area contributed by atoms with Crippen LogP contribution in [-0.4, -0.2) is 11.6 Å². The molecule has 23 heavy (non-hydrogen) atoms. The molecule has 0 bridgehead atoms. The summed E-state index contributed by atoms with van der Waals surface area (Å²) in [5.41, 5.74) is 5.65. The van der Waals surface area contributed by atoms with Crippen LogP contribution in [-0.2, 0) is 17.9 Å². The number of nitrogens with zero attached hydrogens (tertiary/aromatic N) is 1. The number of hydrogen-bond acceptors (Lipinski definition) is 3. The SMILES string of the molecule is CCOCc1ccc(CNc2cc(C)nc3ccccc23)cc1. The van der Waals surface area contributed by atoms with Crippen molar-refractivity contribution in [2.75, 3.05) is 11.9 Å². The van der Waals surface area contributed by atoms with Gasteiger partial charge < -0.3 is 10.1 Å². The molecule has 118 valence electrons. The Morgan fingerprint density at radius 3 is 2.52 bits per heavy atom. The summed E-state index contributed by atoms with van der Waals surface area (Å²) in [6.07, 6.45) is 0. The Hall–Kier alpha value is -2.39. The molecule has 3 heteroatoms. The zero-order chi connectivity index (χ0) is 16.1. The van der Waals surface area contributed by atoms with Gasteiger partial charge in [-0.05, 0) is 37.1 Å². The maximum absolute atomic E-state index is 5.43. The molecule has 1 aromatic heterocycles. The van der Waals surface area contributed by atoms with E-state index >= 15 is 0 Å². The second-order valence-electron chi connectivity index (χ2n) is 5.64. The van der Waals surface area contributed by atoms with E-state index in [9.17, 15) is 0 Å². The smallest absolute Gasteiger partial charge is 0.0725 e. The van der Waals surface area contributed by atoms with Crippen molar-refractivity contribution in [2.45, 2.75) is 27.0 Å². The van der Waals surface area contributed by atoms with E-state index in [-0.39, 0.29) is 0 Å². The van der Waals surface area contributed by atoms with Crippen LogP contribution in [0.1, 0.15) is 23.7 Å². The number of fused-ring (bicyclic) bond motifs is 1. The van der Waals surface area contributed by atoms with Crippen molar-refractivity contribution < 1.29 is 4.74 Å². The molecule has 0 amide bonds. The highest BCUT2D eigenvalue weighted by atomic mass is 16.5. The molecule has 0 atom stereocenters. The first kappa shape index (κ1) is 15.5. The summed E-state index contributed by atoms with van der Waals surface area (Å²) in [7, 11) is 0. The monoisotopic (exact) mass is 306 g/mol. The molecular weight excluding hydrogens is 284 g/mol. The van der Waals surface area contributed by atoms with E-state index in [1.54, 1.807) is 0 Å². The van der Waals surface area contributed by atoms with Gasteiger partial charge in [0.2, 0.25) is 0 Å². The van der Waals surface area contributed by atoms with Crippen LogP contribution in [0, 0.1) is 6.92 Å². The molecule has 0 spiro atoms. The van der Waals surface area contributed by atoms with Gasteiger partial charge in [-0.2, -0.15) is 0 Å². The average molecular weight is 306 g/mol. The average Bonchev–Trinajstić information content (AvgIpc) is 2.58. The minimum Gasteiger partial charge on any atom is -0.380 e. The lowest BCUT2D eigenvalue weighted by molar-refractivity contribution is 0.134. The van der Waals surface area contributed by atoms with Gasteiger partial charge in [0.05, 0.1) is 12.1 Å². The molecule has 0 aliphatic rings. The number of benzene rings is 2. The number of nitrogens with one attached hydrogen (secondary N) is 1. The molecule has 3 rings (SSSR count). The van der Waals surface area contributed by atoms with Crippen LogP contribution in [0.25, 0.3) is 10.9 Å². The molecule has 3 nitrogen and oxygen atoms in total. The van der Waals surface area contributed by atoms with Gasteiger partial charge in [0.25, 0.3) is 0 Å². The lowest BCUT2D eigenvalue weighted by Crippen LogP contribution is -2.01. The number of para-hydroxylation sites is 1. The lowest BCUT2D eigenvalue weighted by Gasteiger charge is -2.11. The summed E-state index contributed by atoms with van der Waals surface area (Å²) in [4.78, 5) is 4.58. The van der Waals surface area contributed by atoms with Gasteiger partial charge in [-0.3, -0.25) is 4.98 Å². The molecule has 0 saturated carbocycles. The number of aryl methyl sites for hydroxylation is 1. The first-order chi connectivity index (χ1) is 11.3. The maximum Gasteiger partial charge on any atom is 0.0725 e. The van der Waals surface area contributed by atoms with Gasteiger partial charge in [-0.15, -0.1) is 0 Å². The number of hydrogen-bond donors (Lipinski definition) is 1. The van der Waals surface area contributed by atoms with Crippen molar-refractivity contribution in [3.63, 3.8) is 0 Å². The molecule has 1 N–H and O–H groups in total. The van der Waals surface area contributed by atoms with Crippen molar-refractivity contribution >= 4 is 16.6 Å². The maximum atomic E-state index is 5.43. The van der Waals surface area contributed by atoms with Gasteiger partial charge in [-0.1, -0.05) is 42.5 Å². The zero-order valence-electron chi connectivity index (χ0n) is 13.7.